The largest absolute Gasteiger partial charge is 0.349 e. The van der Waals surface area contributed by atoms with E-state index in [1.807, 2.05) is 62.5 Å². The van der Waals surface area contributed by atoms with Gasteiger partial charge in [-0.05, 0) is 67.9 Å². The minimum atomic E-state index is -0.809. The number of nitrogens with one attached hydrogen (secondary N) is 1. The number of anilines is 1. The first-order valence-corrected chi connectivity index (χ1v) is 11.1. The molecule has 1 N–H and O–H groups in total. The van der Waals surface area contributed by atoms with Crippen LogP contribution in [-0.4, -0.2) is 26.9 Å². The summed E-state index contributed by atoms with van der Waals surface area (Å²) in [6, 6.07) is 10.6. The van der Waals surface area contributed by atoms with Gasteiger partial charge in [0.2, 0.25) is 5.91 Å². The van der Waals surface area contributed by atoms with Gasteiger partial charge in [-0.1, -0.05) is 29.6 Å². The Balaban J connectivity index is 2.11. The van der Waals surface area contributed by atoms with Crippen molar-refractivity contribution in [3.63, 3.8) is 0 Å². The summed E-state index contributed by atoms with van der Waals surface area (Å²) in [5.41, 5.74) is 1.58. The van der Waals surface area contributed by atoms with Crippen LogP contribution in [-0.2, 0) is 11.2 Å². The smallest absolute Gasteiger partial charge is 0.280 e. The Morgan fingerprint density at radius 3 is 2.41 bits per heavy atom. The van der Waals surface area contributed by atoms with Gasteiger partial charge in [0.1, 0.15) is 0 Å². The van der Waals surface area contributed by atoms with E-state index in [1.54, 1.807) is 5.38 Å². The molecule has 0 saturated heterocycles. The Kier molecular flexibility index (Phi) is 6.44. The molecule has 0 unspecified atom stereocenters. The third-order valence-electron chi connectivity index (χ3n) is 4.24. The van der Waals surface area contributed by atoms with Crippen LogP contribution >= 0.6 is 22.9 Å². The van der Waals surface area contributed by atoms with Gasteiger partial charge in [-0.15, -0.1) is 16.4 Å². The Labute approximate surface area is 178 Å². The van der Waals surface area contributed by atoms with E-state index in [-0.39, 0.29) is 17.5 Å². The molecule has 0 radical (unpaired) electrons. The van der Waals surface area contributed by atoms with E-state index in [0.29, 0.717) is 5.69 Å². The van der Waals surface area contributed by atoms with Crippen LogP contribution in [0.3, 0.4) is 0 Å². The van der Waals surface area contributed by atoms with Gasteiger partial charge in [0.05, 0.1) is 0 Å². The Bertz CT molecular complexity index is 946. The number of carbonyl (C=O) groups excluding carboxylic acids is 2. The fraction of sp³-hybridized carbons (Fsp3) is 0.333. The highest BCUT2D eigenvalue weighted by molar-refractivity contribution is 7.10. The molecule has 3 aromatic rings. The molecule has 0 fully saturated rings. The third kappa shape index (κ3) is 5.07. The normalized spacial score (nSPS) is 12.4. The molecule has 8 heteroatoms. The van der Waals surface area contributed by atoms with Crippen LogP contribution in [0.1, 0.15) is 54.7 Å². The van der Waals surface area contributed by atoms with Crippen molar-refractivity contribution in [2.75, 3.05) is 4.90 Å². The Morgan fingerprint density at radius 2 is 1.90 bits per heavy atom. The van der Waals surface area contributed by atoms with Crippen LogP contribution in [0.25, 0.3) is 0 Å². The van der Waals surface area contributed by atoms with Crippen molar-refractivity contribution in [3.05, 3.63) is 63.3 Å². The summed E-state index contributed by atoms with van der Waals surface area (Å²) in [4.78, 5) is 29.1. The van der Waals surface area contributed by atoms with Crippen molar-refractivity contribution < 1.29 is 9.59 Å². The molecule has 0 saturated carbocycles. The van der Waals surface area contributed by atoms with Crippen molar-refractivity contribution in [1.82, 2.24) is 14.9 Å². The second kappa shape index (κ2) is 8.84. The van der Waals surface area contributed by atoms with Crippen molar-refractivity contribution in [2.24, 2.45) is 0 Å². The van der Waals surface area contributed by atoms with E-state index in [2.05, 4.69) is 21.8 Å². The van der Waals surface area contributed by atoms with Crippen LogP contribution in [0.4, 0.5) is 5.69 Å². The lowest BCUT2D eigenvalue weighted by Crippen LogP contribution is -2.49. The first-order chi connectivity index (χ1) is 13.8. The molecule has 1 aromatic carbocycles. The van der Waals surface area contributed by atoms with Gasteiger partial charge in [-0.2, -0.15) is 0 Å². The standard InChI is InChI=1S/C21H24N4O2S2/c1-5-14-8-10-15(11-9-14)25(20(27)16-13-29-24-23-16)18(17-7-6-12-28-17)19(26)22-21(2,3)4/h6-13,18H,5H2,1-4H3,(H,22,26)/t18-/m1/s1. The molecule has 6 nitrogen and oxygen atoms in total. The molecule has 29 heavy (non-hydrogen) atoms. The highest BCUT2D eigenvalue weighted by Gasteiger charge is 2.36. The molecular formula is C21H24N4O2S2. The maximum atomic E-state index is 13.4. The number of amides is 2. The third-order valence-corrected chi connectivity index (χ3v) is 5.67. The summed E-state index contributed by atoms with van der Waals surface area (Å²) in [7, 11) is 0. The lowest BCUT2D eigenvalue weighted by Gasteiger charge is -2.32. The van der Waals surface area contributed by atoms with Crippen molar-refractivity contribution >= 4 is 40.4 Å². The molecule has 0 spiro atoms. The summed E-state index contributed by atoms with van der Waals surface area (Å²) in [6.45, 7) is 7.83. The fourth-order valence-corrected chi connectivity index (χ4v) is 4.16. The molecule has 152 valence electrons. The van der Waals surface area contributed by atoms with Crippen LogP contribution in [0.15, 0.2) is 47.2 Å². The molecule has 1 atom stereocenters. The van der Waals surface area contributed by atoms with E-state index < -0.39 is 11.6 Å². The van der Waals surface area contributed by atoms with Crippen molar-refractivity contribution in [1.29, 1.82) is 0 Å². The molecule has 0 aliphatic carbocycles. The first-order valence-electron chi connectivity index (χ1n) is 9.35. The maximum Gasteiger partial charge on any atom is 0.280 e. The molecule has 2 amide bonds. The van der Waals surface area contributed by atoms with E-state index in [4.69, 9.17) is 0 Å². The van der Waals surface area contributed by atoms with E-state index in [1.165, 1.54) is 16.2 Å². The van der Waals surface area contributed by atoms with Gasteiger partial charge in [0, 0.05) is 21.5 Å². The number of hydrogen-bond acceptors (Lipinski definition) is 6. The maximum absolute atomic E-state index is 13.4. The molecule has 3 rings (SSSR count). The van der Waals surface area contributed by atoms with Gasteiger partial charge < -0.3 is 5.32 Å². The minimum Gasteiger partial charge on any atom is -0.349 e. The zero-order valence-corrected chi connectivity index (χ0v) is 18.5. The van der Waals surface area contributed by atoms with Gasteiger partial charge in [0.15, 0.2) is 11.7 Å². The van der Waals surface area contributed by atoms with Crippen LogP contribution in [0.5, 0.6) is 0 Å². The Morgan fingerprint density at radius 1 is 1.17 bits per heavy atom. The second-order valence-electron chi connectivity index (χ2n) is 7.64. The van der Waals surface area contributed by atoms with E-state index in [9.17, 15) is 9.59 Å². The van der Waals surface area contributed by atoms with Gasteiger partial charge in [0.25, 0.3) is 5.91 Å². The predicted molar refractivity (Wildman–Crippen MR) is 117 cm³/mol. The number of carbonyl (C=O) groups is 2. The zero-order valence-electron chi connectivity index (χ0n) is 16.9. The average Bonchev–Trinajstić information content (AvgIpc) is 3.38. The number of thiophene rings is 1. The lowest BCUT2D eigenvalue weighted by atomic mass is 10.1. The van der Waals surface area contributed by atoms with Gasteiger partial charge >= 0.3 is 0 Å². The van der Waals surface area contributed by atoms with Crippen LogP contribution in [0, 0.1) is 0 Å². The topological polar surface area (TPSA) is 75.2 Å². The first kappa shape index (κ1) is 21.1. The van der Waals surface area contributed by atoms with E-state index >= 15 is 0 Å². The quantitative estimate of drug-likeness (QED) is 0.629. The van der Waals surface area contributed by atoms with Gasteiger partial charge in [-0.25, -0.2) is 0 Å². The summed E-state index contributed by atoms with van der Waals surface area (Å²) in [5, 5.41) is 10.5. The molecule has 2 heterocycles. The fourth-order valence-electron chi connectivity index (χ4n) is 2.92. The van der Waals surface area contributed by atoms with Crippen molar-refractivity contribution in [2.45, 2.75) is 45.7 Å². The zero-order chi connectivity index (χ0) is 21.0. The summed E-state index contributed by atoms with van der Waals surface area (Å²) < 4.78 is 3.82. The lowest BCUT2D eigenvalue weighted by molar-refractivity contribution is -0.123. The number of hydrogen-bond donors (Lipinski definition) is 1. The SMILES string of the molecule is CCc1ccc(N(C(=O)c2csnn2)[C@@H](C(=O)NC(C)(C)C)c2cccs2)cc1. The van der Waals surface area contributed by atoms with E-state index in [0.717, 1.165) is 28.4 Å². The monoisotopic (exact) mass is 428 g/mol. The highest BCUT2D eigenvalue weighted by atomic mass is 32.1. The average molecular weight is 429 g/mol. The van der Waals surface area contributed by atoms with Crippen LogP contribution < -0.4 is 10.2 Å². The van der Waals surface area contributed by atoms with Gasteiger partial charge in [-0.3, -0.25) is 14.5 Å². The number of benzene rings is 1. The number of aryl methyl sites for hydroxylation is 1. The highest BCUT2D eigenvalue weighted by Crippen LogP contribution is 2.32. The summed E-state index contributed by atoms with van der Waals surface area (Å²) in [6.07, 6.45) is 0.892. The number of nitrogens with zero attached hydrogens (tertiary/aromatic N) is 3. The van der Waals surface area contributed by atoms with Crippen molar-refractivity contribution in [3.8, 4) is 0 Å². The molecule has 0 aliphatic heterocycles. The molecule has 0 aliphatic rings. The number of rotatable bonds is 6. The number of aromatic nitrogens is 2. The minimum absolute atomic E-state index is 0.222. The predicted octanol–water partition coefficient (Wildman–Crippen LogP) is 4.46. The second-order valence-corrected chi connectivity index (χ2v) is 9.23. The molecular weight excluding hydrogens is 404 g/mol. The van der Waals surface area contributed by atoms with Crippen LogP contribution in [0.2, 0.25) is 0 Å². The molecule has 0 bridgehead atoms. The summed E-state index contributed by atoms with van der Waals surface area (Å²) >= 11 is 2.55. The summed E-state index contributed by atoms with van der Waals surface area (Å²) in [5.74, 6) is -0.596. The molecule has 2 aromatic heterocycles. The Hall–Kier alpha value is -2.58.